The molecule has 0 saturated heterocycles. The molecule has 140 valence electrons. The van der Waals surface area contributed by atoms with Crippen LogP contribution in [0.2, 0.25) is 5.02 Å². The SMILES string of the molecule is NC[C@@H]1CCCC(c2[nH]nc(-c3ccc(Cl)cc3)c2-c2ccncc2)CC1. The van der Waals surface area contributed by atoms with Gasteiger partial charge in [-0.05, 0) is 68.0 Å². The fourth-order valence-electron chi connectivity index (χ4n) is 4.18. The molecule has 1 aliphatic carbocycles. The first-order valence-electron chi connectivity index (χ1n) is 9.71. The van der Waals surface area contributed by atoms with Gasteiger partial charge in [-0.2, -0.15) is 5.10 Å². The van der Waals surface area contributed by atoms with E-state index in [0.717, 1.165) is 34.8 Å². The van der Waals surface area contributed by atoms with E-state index in [4.69, 9.17) is 22.4 Å². The van der Waals surface area contributed by atoms with E-state index in [0.29, 0.717) is 11.8 Å². The lowest BCUT2D eigenvalue weighted by Gasteiger charge is -2.16. The summed E-state index contributed by atoms with van der Waals surface area (Å²) in [6, 6.07) is 12.0. The zero-order valence-electron chi connectivity index (χ0n) is 15.4. The molecule has 0 bridgehead atoms. The second-order valence-electron chi connectivity index (χ2n) is 7.41. The summed E-state index contributed by atoms with van der Waals surface area (Å²) in [5.41, 5.74) is 11.6. The van der Waals surface area contributed by atoms with Crippen molar-refractivity contribution < 1.29 is 0 Å². The lowest BCUT2D eigenvalue weighted by atomic mass is 9.89. The summed E-state index contributed by atoms with van der Waals surface area (Å²) in [7, 11) is 0. The molecule has 27 heavy (non-hydrogen) atoms. The third kappa shape index (κ3) is 3.92. The summed E-state index contributed by atoms with van der Waals surface area (Å²) in [6.07, 6.45) is 9.66. The number of aromatic amines is 1. The van der Waals surface area contributed by atoms with E-state index in [2.05, 4.69) is 22.2 Å². The minimum Gasteiger partial charge on any atom is -0.330 e. The van der Waals surface area contributed by atoms with E-state index < -0.39 is 0 Å². The Morgan fingerprint density at radius 3 is 2.48 bits per heavy atom. The van der Waals surface area contributed by atoms with Gasteiger partial charge in [0.2, 0.25) is 0 Å². The van der Waals surface area contributed by atoms with E-state index in [1.165, 1.54) is 36.9 Å². The summed E-state index contributed by atoms with van der Waals surface area (Å²) in [4.78, 5) is 4.19. The summed E-state index contributed by atoms with van der Waals surface area (Å²) in [5.74, 6) is 1.14. The topological polar surface area (TPSA) is 67.6 Å². The van der Waals surface area contributed by atoms with Crippen LogP contribution in [0.4, 0.5) is 0 Å². The van der Waals surface area contributed by atoms with E-state index in [-0.39, 0.29) is 0 Å². The molecule has 1 aromatic carbocycles. The van der Waals surface area contributed by atoms with Gasteiger partial charge >= 0.3 is 0 Å². The van der Waals surface area contributed by atoms with Crippen LogP contribution in [0.3, 0.4) is 0 Å². The number of hydrogen-bond donors (Lipinski definition) is 2. The Balaban J connectivity index is 1.77. The summed E-state index contributed by atoms with van der Waals surface area (Å²) < 4.78 is 0. The maximum absolute atomic E-state index is 6.08. The number of benzene rings is 1. The molecule has 1 unspecified atom stereocenters. The van der Waals surface area contributed by atoms with Crippen molar-refractivity contribution in [2.24, 2.45) is 11.7 Å². The van der Waals surface area contributed by atoms with Gasteiger partial charge in [-0.15, -0.1) is 0 Å². The Hall–Kier alpha value is -2.17. The number of nitrogens with two attached hydrogens (primary N) is 1. The van der Waals surface area contributed by atoms with E-state index in [1.54, 1.807) is 0 Å². The normalized spacial score (nSPS) is 20.4. The number of nitrogens with one attached hydrogen (secondary N) is 1. The first kappa shape index (κ1) is 18.2. The average molecular weight is 381 g/mol. The molecule has 2 aromatic heterocycles. The molecule has 1 aliphatic rings. The molecule has 2 atom stereocenters. The predicted molar refractivity (Wildman–Crippen MR) is 111 cm³/mol. The number of pyridine rings is 1. The quantitative estimate of drug-likeness (QED) is 0.594. The third-order valence-electron chi connectivity index (χ3n) is 5.71. The monoisotopic (exact) mass is 380 g/mol. The minimum atomic E-state index is 0.485. The molecule has 4 rings (SSSR count). The molecule has 3 aromatic rings. The van der Waals surface area contributed by atoms with Gasteiger partial charge in [-0.1, -0.05) is 30.2 Å². The van der Waals surface area contributed by atoms with Gasteiger partial charge in [0.05, 0.1) is 0 Å². The fourth-order valence-corrected chi connectivity index (χ4v) is 4.31. The molecule has 0 aliphatic heterocycles. The van der Waals surface area contributed by atoms with Gasteiger partial charge in [0.25, 0.3) is 0 Å². The van der Waals surface area contributed by atoms with E-state index in [9.17, 15) is 0 Å². The molecule has 2 heterocycles. The maximum Gasteiger partial charge on any atom is 0.100 e. The van der Waals surface area contributed by atoms with Gasteiger partial charge in [0.1, 0.15) is 5.69 Å². The molecular weight excluding hydrogens is 356 g/mol. The zero-order valence-corrected chi connectivity index (χ0v) is 16.1. The van der Waals surface area contributed by atoms with Gasteiger partial charge in [0.15, 0.2) is 0 Å². The van der Waals surface area contributed by atoms with Gasteiger partial charge < -0.3 is 5.73 Å². The second kappa shape index (κ2) is 8.24. The predicted octanol–water partition coefficient (Wildman–Crippen LogP) is 5.41. The molecule has 0 spiro atoms. The largest absolute Gasteiger partial charge is 0.330 e. The molecule has 3 N–H and O–H groups in total. The highest BCUT2D eigenvalue weighted by atomic mass is 35.5. The Bertz CT molecular complexity index is 873. The smallest absolute Gasteiger partial charge is 0.100 e. The molecule has 0 amide bonds. The van der Waals surface area contributed by atoms with Crippen molar-refractivity contribution in [1.82, 2.24) is 15.2 Å². The lowest BCUT2D eigenvalue weighted by molar-refractivity contribution is 0.466. The zero-order chi connectivity index (χ0) is 18.6. The van der Waals surface area contributed by atoms with Crippen LogP contribution in [0, 0.1) is 5.92 Å². The van der Waals surface area contributed by atoms with Crippen molar-refractivity contribution >= 4 is 11.6 Å². The highest BCUT2D eigenvalue weighted by Gasteiger charge is 2.26. The maximum atomic E-state index is 6.08. The highest BCUT2D eigenvalue weighted by molar-refractivity contribution is 6.30. The molecule has 0 radical (unpaired) electrons. The summed E-state index contributed by atoms with van der Waals surface area (Å²) in [5, 5.41) is 8.84. The van der Waals surface area contributed by atoms with E-state index >= 15 is 0 Å². The van der Waals surface area contributed by atoms with Crippen LogP contribution in [-0.2, 0) is 0 Å². The Labute approximate surface area is 165 Å². The number of aromatic nitrogens is 3. The minimum absolute atomic E-state index is 0.485. The second-order valence-corrected chi connectivity index (χ2v) is 7.85. The van der Waals surface area contributed by atoms with Crippen LogP contribution in [-0.4, -0.2) is 21.7 Å². The van der Waals surface area contributed by atoms with Crippen molar-refractivity contribution in [3.05, 3.63) is 59.5 Å². The molecular formula is C22H25ClN4. The Kier molecular flexibility index (Phi) is 5.55. The van der Waals surface area contributed by atoms with Crippen LogP contribution in [0.1, 0.15) is 43.7 Å². The number of halogens is 1. The number of hydrogen-bond acceptors (Lipinski definition) is 3. The van der Waals surface area contributed by atoms with Crippen LogP contribution in [0.25, 0.3) is 22.4 Å². The van der Waals surface area contributed by atoms with Crippen molar-refractivity contribution in [2.75, 3.05) is 6.54 Å². The van der Waals surface area contributed by atoms with Crippen LogP contribution in [0.5, 0.6) is 0 Å². The fraction of sp³-hybridized carbons (Fsp3) is 0.364. The number of rotatable bonds is 4. The van der Waals surface area contributed by atoms with Crippen molar-refractivity contribution in [1.29, 1.82) is 0 Å². The molecule has 4 nitrogen and oxygen atoms in total. The summed E-state index contributed by atoms with van der Waals surface area (Å²) >= 11 is 6.08. The van der Waals surface area contributed by atoms with E-state index in [1.807, 2.05) is 36.7 Å². The Morgan fingerprint density at radius 1 is 0.963 bits per heavy atom. The standard InChI is InChI=1S/C22H25ClN4/c23-19-8-6-18(7-9-19)22-20(16-10-12-25-13-11-16)21(26-27-22)17-3-1-2-15(14-24)4-5-17/h6-13,15,17H,1-5,14,24H2,(H,26,27)/t15-,17?/m1/s1. The first-order valence-corrected chi connectivity index (χ1v) is 10.1. The van der Waals surface area contributed by atoms with Gasteiger partial charge in [-0.3, -0.25) is 10.1 Å². The summed E-state index contributed by atoms with van der Waals surface area (Å²) in [6.45, 7) is 0.795. The molecule has 1 fully saturated rings. The highest BCUT2D eigenvalue weighted by Crippen LogP contribution is 2.41. The molecule has 1 saturated carbocycles. The van der Waals surface area contributed by atoms with Crippen molar-refractivity contribution in [3.63, 3.8) is 0 Å². The van der Waals surface area contributed by atoms with Crippen LogP contribution < -0.4 is 5.73 Å². The van der Waals surface area contributed by atoms with Gasteiger partial charge in [-0.25, -0.2) is 0 Å². The molecule has 5 heteroatoms. The van der Waals surface area contributed by atoms with Crippen LogP contribution >= 0.6 is 11.6 Å². The lowest BCUT2D eigenvalue weighted by Crippen LogP contribution is -2.13. The Morgan fingerprint density at radius 2 is 1.74 bits per heavy atom. The van der Waals surface area contributed by atoms with Crippen molar-refractivity contribution in [3.8, 4) is 22.4 Å². The average Bonchev–Trinajstić information content (AvgIpc) is 3.00. The third-order valence-corrected chi connectivity index (χ3v) is 5.96. The van der Waals surface area contributed by atoms with Gasteiger partial charge in [0, 0.05) is 40.2 Å². The number of H-pyrrole nitrogens is 1. The van der Waals surface area contributed by atoms with Crippen molar-refractivity contribution in [2.45, 2.75) is 38.0 Å². The number of nitrogens with zero attached hydrogens (tertiary/aromatic N) is 2. The van der Waals surface area contributed by atoms with Crippen LogP contribution in [0.15, 0.2) is 48.8 Å². The first-order chi connectivity index (χ1) is 13.3.